The number of pyridine rings is 1. The fourth-order valence-electron chi connectivity index (χ4n) is 4.73. The van der Waals surface area contributed by atoms with Gasteiger partial charge in [0.1, 0.15) is 23.0 Å². The number of hydrogen-bond acceptors (Lipinski definition) is 8. The van der Waals surface area contributed by atoms with Gasteiger partial charge in [-0.2, -0.15) is 15.5 Å². The van der Waals surface area contributed by atoms with Crippen LogP contribution in [0.15, 0.2) is 47.5 Å². The molecule has 5 heterocycles. The van der Waals surface area contributed by atoms with Crippen molar-refractivity contribution < 1.29 is 5.11 Å². The zero-order chi connectivity index (χ0) is 27.1. The van der Waals surface area contributed by atoms with Crippen LogP contribution < -0.4 is 4.90 Å². The van der Waals surface area contributed by atoms with Gasteiger partial charge in [-0.1, -0.05) is 5.87 Å². The fraction of sp³-hybridized carbons (Fsp3) is 0.407. The average molecular weight is 532 g/mol. The second-order valence-electron chi connectivity index (χ2n) is 10.9. The van der Waals surface area contributed by atoms with Crippen LogP contribution in [0.2, 0.25) is 0 Å². The minimum Gasteiger partial charge on any atom is -0.389 e. The molecule has 1 N–H and O–H groups in total. The molecule has 0 bridgehead atoms. The van der Waals surface area contributed by atoms with Crippen molar-refractivity contribution in [1.29, 1.82) is 5.26 Å². The van der Waals surface area contributed by atoms with Gasteiger partial charge in [-0.3, -0.25) is 9.04 Å². The molecule has 0 spiro atoms. The monoisotopic (exact) mass is 531 g/mol. The van der Waals surface area contributed by atoms with E-state index >= 15 is 0 Å². The first-order valence-electron chi connectivity index (χ1n) is 12.5. The van der Waals surface area contributed by atoms with Gasteiger partial charge in [0.15, 0.2) is 0 Å². The molecule has 4 aromatic heterocycles. The van der Waals surface area contributed by atoms with Crippen molar-refractivity contribution >= 4 is 26.6 Å². The summed E-state index contributed by atoms with van der Waals surface area (Å²) >= 11 is 0. The molecule has 4 aromatic rings. The van der Waals surface area contributed by atoms with Crippen molar-refractivity contribution in [2.75, 3.05) is 30.5 Å². The SMILES string of the molecule is C=S(C)(C)=NC1CCN(c2ccc(-c3nc(-c4cnn(CC(C)(C)O)c4)cn4ncc(C#N)c34)cn2)CC1. The summed E-state index contributed by atoms with van der Waals surface area (Å²) in [6, 6.07) is 6.60. The molecule has 38 heavy (non-hydrogen) atoms. The number of fused-ring (bicyclic) bond motifs is 1. The van der Waals surface area contributed by atoms with Gasteiger partial charge in [-0.15, -0.1) is 9.41 Å². The second kappa shape index (κ2) is 9.85. The van der Waals surface area contributed by atoms with E-state index in [0.717, 1.165) is 42.9 Å². The highest BCUT2D eigenvalue weighted by Crippen LogP contribution is 2.30. The summed E-state index contributed by atoms with van der Waals surface area (Å²) in [6.45, 7) is 5.64. The van der Waals surface area contributed by atoms with Gasteiger partial charge in [-0.05, 0) is 51.3 Å². The summed E-state index contributed by atoms with van der Waals surface area (Å²) < 4.78 is 8.28. The minimum absolute atomic E-state index is 0.355. The second-order valence-corrected chi connectivity index (χ2v) is 14.1. The van der Waals surface area contributed by atoms with Crippen LogP contribution in [-0.2, 0) is 16.0 Å². The van der Waals surface area contributed by atoms with Gasteiger partial charge in [0.2, 0.25) is 0 Å². The molecule has 1 aliphatic rings. The molecule has 0 amide bonds. The lowest BCUT2D eigenvalue weighted by atomic mass is 10.1. The van der Waals surface area contributed by atoms with Crippen molar-refractivity contribution in [3.63, 3.8) is 0 Å². The van der Waals surface area contributed by atoms with Gasteiger partial charge in [0.05, 0.1) is 48.2 Å². The molecule has 1 aliphatic heterocycles. The molecule has 0 saturated carbocycles. The Morgan fingerprint density at radius 3 is 2.53 bits per heavy atom. The normalized spacial score (nSPS) is 15.1. The number of hydrogen-bond donors (Lipinski definition) is 1. The Balaban J connectivity index is 1.45. The Bertz CT molecular complexity index is 1610. The highest BCUT2D eigenvalue weighted by Gasteiger charge is 2.21. The number of nitriles is 1. The molecule has 11 heteroatoms. The smallest absolute Gasteiger partial charge is 0.128 e. The lowest BCUT2D eigenvalue weighted by molar-refractivity contribution is 0.0577. The molecule has 0 radical (unpaired) electrons. The highest BCUT2D eigenvalue weighted by molar-refractivity contribution is 8.01. The third kappa shape index (κ3) is 5.71. The number of piperidine rings is 1. The van der Waals surface area contributed by atoms with Crippen molar-refractivity contribution in [1.82, 2.24) is 29.4 Å². The van der Waals surface area contributed by atoms with Crippen LogP contribution in [-0.4, -0.2) is 77.6 Å². The Kier molecular flexibility index (Phi) is 6.71. The van der Waals surface area contributed by atoms with Crippen LogP contribution in [0.25, 0.3) is 28.0 Å². The molecular weight excluding hydrogens is 498 g/mol. The molecule has 5 rings (SSSR count). The van der Waals surface area contributed by atoms with Gasteiger partial charge >= 0.3 is 0 Å². The summed E-state index contributed by atoms with van der Waals surface area (Å²) in [5, 5.41) is 28.6. The Morgan fingerprint density at radius 2 is 1.89 bits per heavy atom. The molecule has 1 fully saturated rings. The van der Waals surface area contributed by atoms with E-state index in [9.17, 15) is 10.4 Å². The van der Waals surface area contributed by atoms with Crippen LogP contribution in [0.4, 0.5) is 5.82 Å². The Labute approximate surface area is 223 Å². The van der Waals surface area contributed by atoms with Crippen LogP contribution >= 0.6 is 0 Å². The van der Waals surface area contributed by atoms with Crippen molar-refractivity contribution in [3.8, 4) is 28.6 Å². The zero-order valence-corrected chi connectivity index (χ0v) is 23.1. The summed E-state index contributed by atoms with van der Waals surface area (Å²) in [4.78, 5) is 12.0. The standard InChI is InChI=1S/C27H33N9OS/c1-27(2,37)18-35-16-21(15-30-35)23-17-36-26(20(12-28)14-31-36)25(32-23)19-6-7-24(29-13-19)34-10-8-22(9-11-34)33-38(3,4)5/h6-7,13-17,22,37H,3,8-11,18H2,1-2,4-5H3. The van der Waals surface area contributed by atoms with Crippen LogP contribution in [0.5, 0.6) is 0 Å². The number of anilines is 1. The molecule has 1 saturated heterocycles. The number of nitrogens with zero attached hydrogens (tertiary/aromatic N) is 9. The summed E-state index contributed by atoms with van der Waals surface area (Å²) in [5.41, 5.74) is 3.07. The average Bonchev–Trinajstić information content (AvgIpc) is 3.49. The maximum atomic E-state index is 10.2. The van der Waals surface area contributed by atoms with Gasteiger partial charge in [-0.25, -0.2) is 14.5 Å². The first-order valence-corrected chi connectivity index (χ1v) is 15.1. The predicted molar refractivity (Wildman–Crippen MR) is 152 cm³/mol. The van der Waals surface area contributed by atoms with E-state index in [1.54, 1.807) is 41.6 Å². The van der Waals surface area contributed by atoms with Gasteiger partial charge in [0.25, 0.3) is 0 Å². The number of aromatic nitrogens is 6. The maximum Gasteiger partial charge on any atom is 0.128 e. The highest BCUT2D eigenvalue weighted by atomic mass is 32.2. The van der Waals surface area contributed by atoms with Crippen LogP contribution in [0.1, 0.15) is 32.3 Å². The Hall–Kier alpha value is -3.75. The predicted octanol–water partition coefficient (Wildman–Crippen LogP) is 3.30. The van der Waals surface area contributed by atoms with Gasteiger partial charge in [0, 0.05) is 36.6 Å². The van der Waals surface area contributed by atoms with Crippen LogP contribution in [0.3, 0.4) is 0 Å². The van der Waals surface area contributed by atoms with Crippen molar-refractivity contribution in [3.05, 3.63) is 48.7 Å². The van der Waals surface area contributed by atoms with E-state index in [0.29, 0.717) is 35.1 Å². The van der Waals surface area contributed by atoms with E-state index < -0.39 is 15.0 Å². The van der Waals surface area contributed by atoms with E-state index in [1.807, 2.05) is 24.5 Å². The van der Waals surface area contributed by atoms with E-state index in [1.165, 1.54) is 0 Å². The third-order valence-corrected chi connectivity index (χ3v) is 7.21. The van der Waals surface area contributed by atoms with Crippen molar-refractivity contribution in [2.24, 2.45) is 4.36 Å². The lowest BCUT2D eigenvalue weighted by Gasteiger charge is -2.31. The van der Waals surface area contributed by atoms with Crippen LogP contribution in [0, 0.1) is 11.3 Å². The molecule has 198 valence electrons. The van der Waals surface area contributed by atoms with E-state index in [-0.39, 0.29) is 0 Å². The lowest BCUT2D eigenvalue weighted by Crippen LogP contribution is -2.36. The molecule has 0 aromatic carbocycles. The molecule has 10 nitrogen and oxygen atoms in total. The molecule has 0 aliphatic carbocycles. The minimum atomic E-state index is -1.10. The molecular formula is C27H33N9OS. The fourth-order valence-corrected chi connectivity index (χ4v) is 5.75. The first kappa shape index (κ1) is 25.9. The largest absolute Gasteiger partial charge is 0.389 e. The summed E-state index contributed by atoms with van der Waals surface area (Å²) in [5.74, 6) is 5.11. The maximum absolute atomic E-state index is 10.2. The third-order valence-electron chi connectivity index (χ3n) is 6.34. The summed E-state index contributed by atoms with van der Waals surface area (Å²) in [6.07, 6.45) is 15.0. The molecule has 0 unspecified atom stereocenters. The zero-order valence-electron chi connectivity index (χ0n) is 22.2. The summed E-state index contributed by atoms with van der Waals surface area (Å²) in [7, 11) is -1.10. The van der Waals surface area contributed by atoms with Crippen molar-refractivity contribution in [2.45, 2.75) is 44.9 Å². The quantitative estimate of drug-likeness (QED) is 0.379. The van der Waals surface area contributed by atoms with E-state index in [4.69, 9.17) is 14.3 Å². The Morgan fingerprint density at radius 1 is 1.13 bits per heavy atom. The van der Waals surface area contributed by atoms with E-state index in [2.05, 4.69) is 39.5 Å². The topological polar surface area (TPSA) is 121 Å². The molecule has 0 atom stereocenters. The number of rotatable bonds is 6. The first-order chi connectivity index (χ1) is 18.0. The van der Waals surface area contributed by atoms with Gasteiger partial charge < -0.3 is 10.0 Å². The number of aliphatic hydroxyl groups is 1.